The fraction of sp³-hybridized carbons (Fsp3) is 1.00. The normalized spacial score (nSPS) is 21.0. The summed E-state index contributed by atoms with van der Waals surface area (Å²) >= 11 is 6.41. The Bertz CT molecular complexity index is 227. The van der Waals surface area contributed by atoms with E-state index < -0.39 is 32.7 Å². The minimum atomic E-state index is -3.26. The molecule has 0 N–H and O–H groups in total. The van der Waals surface area contributed by atoms with Crippen LogP contribution >= 0.6 is 11.6 Å². The molecule has 4 unspecified atom stereocenters. The summed E-state index contributed by atoms with van der Waals surface area (Å²) in [6, 6.07) is 0. The maximum Gasteiger partial charge on any atom is 0.525 e. The molecule has 20 heavy (non-hydrogen) atoms. The quantitative estimate of drug-likeness (QED) is 0.329. The standard InChI is InChI=1S/C12H27ClO6Si/c1-8-12(13)20(17-9(2)14-5,18-10(3)15-6)19-11(4)16-7/h9-12H,8H2,1-7H3. The number of hydrogen-bond donors (Lipinski definition) is 0. The van der Waals surface area contributed by atoms with E-state index in [2.05, 4.69) is 0 Å². The second-order valence-corrected chi connectivity index (χ2v) is 7.75. The highest BCUT2D eigenvalue weighted by Crippen LogP contribution is 2.27. The monoisotopic (exact) mass is 330 g/mol. The number of hydrogen-bond acceptors (Lipinski definition) is 6. The largest absolute Gasteiger partial charge is 0.525 e. The zero-order chi connectivity index (χ0) is 15.8. The summed E-state index contributed by atoms with van der Waals surface area (Å²) in [5, 5.41) is -0.435. The Morgan fingerprint density at radius 3 is 1.30 bits per heavy atom. The van der Waals surface area contributed by atoms with Crippen molar-refractivity contribution in [1.29, 1.82) is 0 Å². The highest BCUT2D eigenvalue weighted by Gasteiger charge is 2.52. The molecule has 0 fully saturated rings. The van der Waals surface area contributed by atoms with Gasteiger partial charge in [-0.2, -0.15) is 0 Å². The van der Waals surface area contributed by atoms with Crippen molar-refractivity contribution >= 4 is 20.4 Å². The van der Waals surface area contributed by atoms with Gasteiger partial charge in [0.05, 0.1) is 0 Å². The number of rotatable bonds is 11. The van der Waals surface area contributed by atoms with E-state index in [-0.39, 0.29) is 0 Å². The first-order valence-electron chi connectivity index (χ1n) is 6.61. The van der Waals surface area contributed by atoms with E-state index in [1.807, 2.05) is 6.92 Å². The molecule has 0 aromatic heterocycles. The summed E-state index contributed by atoms with van der Waals surface area (Å²) in [5.74, 6) is 0. The molecule has 4 atom stereocenters. The van der Waals surface area contributed by atoms with Crippen LogP contribution in [0.25, 0.3) is 0 Å². The van der Waals surface area contributed by atoms with E-state index in [4.69, 9.17) is 39.1 Å². The van der Waals surface area contributed by atoms with Crippen LogP contribution in [-0.2, 0) is 27.5 Å². The second-order valence-electron chi connectivity index (χ2n) is 4.24. The van der Waals surface area contributed by atoms with Gasteiger partial charge in [0.25, 0.3) is 0 Å². The summed E-state index contributed by atoms with van der Waals surface area (Å²) in [7, 11) is 1.36. The zero-order valence-corrected chi connectivity index (χ0v) is 15.1. The molecule has 0 radical (unpaired) electrons. The van der Waals surface area contributed by atoms with Crippen LogP contribution in [0.1, 0.15) is 34.1 Å². The van der Waals surface area contributed by atoms with Crippen molar-refractivity contribution in [3.63, 3.8) is 0 Å². The molecule has 0 aromatic carbocycles. The molecule has 0 aliphatic rings. The number of ether oxygens (including phenoxy) is 3. The number of alkyl halides is 1. The van der Waals surface area contributed by atoms with Gasteiger partial charge in [-0.15, -0.1) is 11.6 Å². The third kappa shape index (κ3) is 6.36. The van der Waals surface area contributed by atoms with Crippen LogP contribution in [0, 0.1) is 0 Å². The number of methoxy groups -OCH3 is 3. The third-order valence-corrected chi connectivity index (χ3v) is 7.00. The van der Waals surface area contributed by atoms with Crippen LogP contribution < -0.4 is 0 Å². The summed E-state index contributed by atoms with van der Waals surface area (Å²) < 4.78 is 33.0. The van der Waals surface area contributed by atoms with Gasteiger partial charge in [0.1, 0.15) is 23.9 Å². The Morgan fingerprint density at radius 1 is 0.800 bits per heavy atom. The maximum absolute atomic E-state index is 6.41. The first kappa shape index (κ1) is 20.3. The molecule has 6 nitrogen and oxygen atoms in total. The summed E-state index contributed by atoms with van der Waals surface area (Å²) in [6.45, 7) is 7.19. The fourth-order valence-electron chi connectivity index (χ4n) is 1.39. The van der Waals surface area contributed by atoms with Crippen molar-refractivity contribution in [1.82, 2.24) is 0 Å². The number of halogens is 1. The van der Waals surface area contributed by atoms with Gasteiger partial charge in [-0.3, -0.25) is 0 Å². The molecular weight excluding hydrogens is 304 g/mol. The van der Waals surface area contributed by atoms with E-state index in [9.17, 15) is 0 Å². The first-order chi connectivity index (χ1) is 9.34. The Balaban J connectivity index is 5.26. The highest BCUT2D eigenvalue weighted by atomic mass is 35.5. The van der Waals surface area contributed by atoms with Crippen LogP contribution in [0.5, 0.6) is 0 Å². The Kier molecular flexibility index (Phi) is 10.2. The molecule has 0 amide bonds. The highest BCUT2D eigenvalue weighted by molar-refractivity contribution is 6.71. The molecule has 0 saturated heterocycles. The van der Waals surface area contributed by atoms with Gasteiger partial charge in [-0.1, -0.05) is 6.92 Å². The Hall–Kier alpha value is 0.267. The van der Waals surface area contributed by atoms with Crippen molar-refractivity contribution < 1.29 is 27.5 Å². The lowest BCUT2D eigenvalue weighted by atomic mass is 10.6. The van der Waals surface area contributed by atoms with Crippen molar-refractivity contribution in [3.05, 3.63) is 0 Å². The van der Waals surface area contributed by atoms with Crippen LogP contribution in [0.3, 0.4) is 0 Å². The van der Waals surface area contributed by atoms with Crippen LogP contribution in [0.4, 0.5) is 0 Å². The minimum absolute atomic E-state index is 0.435. The van der Waals surface area contributed by atoms with Crippen molar-refractivity contribution in [3.8, 4) is 0 Å². The predicted octanol–water partition coefficient (Wildman–Crippen LogP) is 2.51. The topological polar surface area (TPSA) is 55.4 Å². The van der Waals surface area contributed by atoms with Gasteiger partial charge in [-0.05, 0) is 27.2 Å². The van der Waals surface area contributed by atoms with Crippen molar-refractivity contribution in [2.45, 2.75) is 58.0 Å². The van der Waals surface area contributed by atoms with E-state index in [0.29, 0.717) is 6.42 Å². The average molecular weight is 331 g/mol. The minimum Gasteiger partial charge on any atom is -0.357 e. The SMILES string of the molecule is CCC(Cl)[Si](OC(C)OC)(OC(C)OC)OC(C)OC. The summed E-state index contributed by atoms with van der Waals surface area (Å²) in [4.78, 5) is 0. The van der Waals surface area contributed by atoms with Crippen molar-refractivity contribution in [2.24, 2.45) is 0 Å². The van der Waals surface area contributed by atoms with Gasteiger partial charge in [0.2, 0.25) is 0 Å². The Labute approximate surface area is 127 Å². The molecule has 0 saturated carbocycles. The summed E-state index contributed by atoms with van der Waals surface area (Å²) in [5.41, 5.74) is 0. The smallest absolute Gasteiger partial charge is 0.357 e. The molecular formula is C12H27ClO6Si. The van der Waals surface area contributed by atoms with Gasteiger partial charge in [0.15, 0.2) is 0 Å². The maximum atomic E-state index is 6.41. The van der Waals surface area contributed by atoms with E-state index in [1.165, 1.54) is 0 Å². The molecule has 0 aliphatic heterocycles. The van der Waals surface area contributed by atoms with E-state index >= 15 is 0 Å². The predicted molar refractivity (Wildman–Crippen MR) is 78.4 cm³/mol. The fourth-order valence-corrected chi connectivity index (χ4v) is 4.64. The van der Waals surface area contributed by atoms with Crippen LogP contribution in [0.2, 0.25) is 0 Å². The van der Waals surface area contributed by atoms with Gasteiger partial charge < -0.3 is 27.5 Å². The molecule has 0 aliphatic carbocycles. The Morgan fingerprint density at radius 2 is 1.10 bits per heavy atom. The molecule has 0 rings (SSSR count). The second kappa shape index (κ2) is 10.1. The first-order valence-corrected chi connectivity index (χ1v) is 8.84. The molecule has 0 heterocycles. The molecule has 0 spiro atoms. The lowest BCUT2D eigenvalue weighted by molar-refractivity contribution is -0.164. The average Bonchev–Trinajstić information content (AvgIpc) is 2.45. The molecule has 8 heteroatoms. The van der Waals surface area contributed by atoms with Gasteiger partial charge >= 0.3 is 8.80 Å². The van der Waals surface area contributed by atoms with Crippen molar-refractivity contribution in [2.75, 3.05) is 21.3 Å². The molecule has 0 bridgehead atoms. The van der Waals surface area contributed by atoms with E-state index in [1.54, 1.807) is 42.1 Å². The molecule has 122 valence electrons. The lowest BCUT2D eigenvalue weighted by Crippen LogP contribution is -2.59. The third-order valence-electron chi connectivity index (χ3n) is 2.73. The van der Waals surface area contributed by atoms with Crippen LogP contribution in [-0.4, -0.2) is 54.0 Å². The van der Waals surface area contributed by atoms with E-state index in [0.717, 1.165) is 0 Å². The van der Waals surface area contributed by atoms with Gasteiger partial charge in [0, 0.05) is 21.3 Å². The summed E-state index contributed by atoms with van der Waals surface area (Å²) in [6.07, 6.45) is -0.912. The van der Waals surface area contributed by atoms with Gasteiger partial charge in [-0.25, -0.2) is 0 Å². The molecule has 0 aromatic rings. The van der Waals surface area contributed by atoms with Crippen LogP contribution in [0.15, 0.2) is 0 Å². The zero-order valence-electron chi connectivity index (χ0n) is 13.3. The lowest BCUT2D eigenvalue weighted by Gasteiger charge is -2.37.